The second kappa shape index (κ2) is 6.17. The van der Waals surface area contributed by atoms with Gasteiger partial charge in [-0.2, -0.15) is 5.26 Å². The summed E-state index contributed by atoms with van der Waals surface area (Å²) >= 11 is 0. The Kier molecular flexibility index (Phi) is 4.56. The predicted octanol–water partition coefficient (Wildman–Crippen LogP) is 1.09. The van der Waals surface area contributed by atoms with Crippen molar-refractivity contribution in [1.29, 1.82) is 5.26 Å². The lowest BCUT2D eigenvalue weighted by Crippen LogP contribution is -2.48. The lowest BCUT2D eigenvalue weighted by Gasteiger charge is -2.31. The summed E-state index contributed by atoms with van der Waals surface area (Å²) in [6.45, 7) is 3.45. The molecule has 2 saturated heterocycles. The Hall–Kier alpha value is -1.12. The van der Waals surface area contributed by atoms with Gasteiger partial charge in [-0.05, 0) is 26.2 Å². The minimum absolute atomic E-state index is 0.0491. The van der Waals surface area contributed by atoms with Gasteiger partial charge in [-0.1, -0.05) is 0 Å². The van der Waals surface area contributed by atoms with Gasteiger partial charge in [0.2, 0.25) is 5.91 Å². The molecule has 1 amide bonds. The van der Waals surface area contributed by atoms with Crippen LogP contribution in [0.2, 0.25) is 0 Å². The summed E-state index contributed by atoms with van der Waals surface area (Å²) < 4.78 is 10.9. The molecule has 5 nitrogen and oxygen atoms in total. The third-order valence-corrected chi connectivity index (χ3v) is 3.60. The molecule has 0 saturated carbocycles. The molecule has 0 N–H and O–H groups in total. The zero-order chi connectivity index (χ0) is 13.0. The first kappa shape index (κ1) is 13.3. The van der Waals surface area contributed by atoms with E-state index in [1.165, 1.54) is 0 Å². The van der Waals surface area contributed by atoms with Crippen molar-refractivity contribution in [2.24, 2.45) is 0 Å². The standard InChI is InChI=1S/C13H20N2O3/c1-10-2-3-12(18-10)4-5-13(16)15-6-7-17-9-11(15)8-14/h10-12H,2-7,9H2,1H3. The highest BCUT2D eigenvalue weighted by Gasteiger charge is 2.28. The van der Waals surface area contributed by atoms with Crippen molar-refractivity contribution in [1.82, 2.24) is 4.90 Å². The van der Waals surface area contributed by atoms with Crippen molar-refractivity contribution in [3.05, 3.63) is 0 Å². The average Bonchev–Trinajstić information content (AvgIpc) is 2.81. The van der Waals surface area contributed by atoms with E-state index in [9.17, 15) is 4.79 Å². The molecule has 100 valence electrons. The molecule has 5 heteroatoms. The first-order valence-corrected chi connectivity index (χ1v) is 6.63. The van der Waals surface area contributed by atoms with E-state index in [1.54, 1.807) is 4.90 Å². The van der Waals surface area contributed by atoms with Crippen LogP contribution in [0.3, 0.4) is 0 Å². The van der Waals surface area contributed by atoms with Gasteiger partial charge in [0.15, 0.2) is 0 Å². The van der Waals surface area contributed by atoms with E-state index in [4.69, 9.17) is 14.7 Å². The third kappa shape index (κ3) is 3.21. The zero-order valence-electron chi connectivity index (χ0n) is 10.8. The topological polar surface area (TPSA) is 62.6 Å². The molecule has 2 rings (SSSR count). The predicted molar refractivity (Wildman–Crippen MR) is 64.7 cm³/mol. The molecule has 2 aliphatic heterocycles. The van der Waals surface area contributed by atoms with Gasteiger partial charge in [-0.3, -0.25) is 4.79 Å². The van der Waals surface area contributed by atoms with Crippen LogP contribution in [0.15, 0.2) is 0 Å². The maximum atomic E-state index is 12.1. The van der Waals surface area contributed by atoms with Crippen LogP contribution < -0.4 is 0 Å². The fraction of sp³-hybridized carbons (Fsp3) is 0.846. The Morgan fingerprint density at radius 2 is 2.33 bits per heavy atom. The van der Waals surface area contributed by atoms with Gasteiger partial charge in [0, 0.05) is 13.0 Å². The quantitative estimate of drug-likeness (QED) is 0.754. The Labute approximate surface area is 108 Å². The van der Waals surface area contributed by atoms with Crippen LogP contribution in [-0.4, -0.2) is 48.8 Å². The molecule has 3 atom stereocenters. The number of rotatable bonds is 3. The zero-order valence-corrected chi connectivity index (χ0v) is 10.8. The highest BCUT2D eigenvalue weighted by molar-refractivity contribution is 5.77. The highest BCUT2D eigenvalue weighted by atomic mass is 16.5. The number of hydrogen-bond donors (Lipinski definition) is 0. The van der Waals surface area contributed by atoms with Crippen LogP contribution in [0.1, 0.15) is 32.6 Å². The monoisotopic (exact) mass is 252 g/mol. The Morgan fingerprint density at radius 3 is 3.00 bits per heavy atom. The number of carbonyl (C=O) groups excluding carboxylic acids is 1. The van der Waals surface area contributed by atoms with Crippen molar-refractivity contribution in [3.8, 4) is 6.07 Å². The number of morpholine rings is 1. The van der Waals surface area contributed by atoms with E-state index < -0.39 is 6.04 Å². The Morgan fingerprint density at radius 1 is 1.50 bits per heavy atom. The second-order valence-corrected chi connectivity index (χ2v) is 4.99. The molecule has 2 heterocycles. The van der Waals surface area contributed by atoms with E-state index in [2.05, 4.69) is 13.0 Å². The molecule has 18 heavy (non-hydrogen) atoms. The van der Waals surface area contributed by atoms with E-state index >= 15 is 0 Å². The van der Waals surface area contributed by atoms with Gasteiger partial charge in [0.25, 0.3) is 0 Å². The third-order valence-electron chi connectivity index (χ3n) is 3.60. The minimum Gasteiger partial charge on any atom is -0.376 e. The lowest BCUT2D eigenvalue weighted by molar-refractivity contribution is -0.138. The van der Waals surface area contributed by atoms with Crippen LogP contribution in [0, 0.1) is 11.3 Å². The fourth-order valence-electron chi connectivity index (χ4n) is 2.53. The molecule has 0 spiro atoms. The summed E-state index contributed by atoms with van der Waals surface area (Å²) in [4.78, 5) is 13.7. The SMILES string of the molecule is CC1CCC(CCC(=O)N2CCOCC2C#N)O1. The van der Waals surface area contributed by atoms with Crippen molar-refractivity contribution in [3.63, 3.8) is 0 Å². The molecule has 0 radical (unpaired) electrons. The molecule has 0 aliphatic carbocycles. The van der Waals surface area contributed by atoms with Crippen LogP contribution in [0.4, 0.5) is 0 Å². The summed E-state index contributed by atoms with van der Waals surface area (Å²) in [5, 5.41) is 8.98. The van der Waals surface area contributed by atoms with Gasteiger partial charge in [-0.25, -0.2) is 0 Å². The van der Waals surface area contributed by atoms with E-state index in [1.807, 2.05) is 0 Å². The van der Waals surface area contributed by atoms with Gasteiger partial charge < -0.3 is 14.4 Å². The van der Waals surface area contributed by atoms with Gasteiger partial charge in [0.05, 0.1) is 31.5 Å². The van der Waals surface area contributed by atoms with Crippen molar-refractivity contribution >= 4 is 5.91 Å². The molecular formula is C13H20N2O3. The Balaban J connectivity index is 1.78. The van der Waals surface area contributed by atoms with Gasteiger partial charge in [0.1, 0.15) is 6.04 Å². The van der Waals surface area contributed by atoms with Crippen LogP contribution in [0.5, 0.6) is 0 Å². The first-order chi connectivity index (χ1) is 8.70. The summed E-state index contributed by atoms with van der Waals surface area (Å²) in [5.74, 6) is 0.0491. The highest BCUT2D eigenvalue weighted by Crippen LogP contribution is 2.23. The number of nitrogens with zero attached hydrogens (tertiary/aromatic N) is 2. The van der Waals surface area contributed by atoms with E-state index in [0.29, 0.717) is 32.3 Å². The molecule has 0 bridgehead atoms. The van der Waals surface area contributed by atoms with E-state index in [-0.39, 0.29) is 12.0 Å². The first-order valence-electron chi connectivity index (χ1n) is 6.63. The molecule has 0 aromatic heterocycles. The molecule has 2 aliphatic rings. The second-order valence-electron chi connectivity index (χ2n) is 4.99. The number of ether oxygens (including phenoxy) is 2. The molecular weight excluding hydrogens is 232 g/mol. The summed E-state index contributed by atoms with van der Waals surface area (Å²) in [7, 11) is 0. The molecule has 3 unspecified atom stereocenters. The summed E-state index contributed by atoms with van der Waals surface area (Å²) in [6, 6.07) is 1.70. The number of carbonyl (C=O) groups is 1. The Bertz CT molecular complexity index is 340. The molecule has 0 aromatic carbocycles. The summed E-state index contributed by atoms with van der Waals surface area (Å²) in [6.07, 6.45) is 3.89. The normalized spacial score (nSPS) is 32.2. The van der Waals surface area contributed by atoms with Crippen LogP contribution in [0.25, 0.3) is 0 Å². The summed E-state index contributed by atoms with van der Waals surface area (Å²) in [5.41, 5.74) is 0. The smallest absolute Gasteiger partial charge is 0.223 e. The largest absolute Gasteiger partial charge is 0.376 e. The molecule has 2 fully saturated rings. The van der Waals surface area contributed by atoms with Gasteiger partial charge in [-0.15, -0.1) is 0 Å². The number of hydrogen-bond acceptors (Lipinski definition) is 4. The van der Waals surface area contributed by atoms with Crippen LogP contribution in [-0.2, 0) is 14.3 Å². The minimum atomic E-state index is -0.422. The van der Waals surface area contributed by atoms with Crippen molar-refractivity contribution in [2.45, 2.75) is 50.9 Å². The van der Waals surface area contributed by atoms with Crippen molar-refractivity contribution < 1.29 is 14.3 Å². The maximum absolute atomic E-state index is 12.1. The van der Waals surface area contributed by atoms with E-state index in [0.717, 1.165) is 19.3 Å². The van der Waals surface area contributed by atoms with Gasteiger partial charge >= 0.3 is 0 Å². The molecule has 0 aromatic rings. The number of nitriles is 1. The maximum Gasteiger partial charge on any atom is 0.223 e. The lowest BCUT2D eigenvalue weighted by atomic mass is 10.1. The average molecular weight is 252 g/mol. The van der Waals surface area contributed by atoms with Crippen LogP contribution >= 0.6 is 0 Å². The van der Waals surface area contributed by atoms with Crippen molar-refractivity contribution in [2.75, 3.05) is 19.8 Å². The fourth-order valence-corrected chi connectivity index (χ4v) is 2.53. The number of amides is 1.